The van der Waals surface area contributed by atoms with Crippen LogP contribution in [0.2, 0.25) is 0 Å². The Morgan fingerprint density at radius 2 is 2.14 bits per heavy atom. The van der Waals surface area contributed by atoms with Gasteiger partial charge in [0.25, 0.3) is 0 Å². The summed E-state index contributed by atoms with van der Waals surface area (Å²) >= 11 is 0. The van der Waals surface area contributed by atoms with Crippen LogP contribution in [0.3, 0.4) is 0 Å². The van der Waals surface area contributed by atoms with E-state index in [2.05, 4.69) is 32.7 Å². The monoisotopic (exact) mass is 516 g/mol. The van der Waals surface area contributed by atoms with Gasteiger partial charge in [0, 0.05) is 58.7 Å². The fourth-order valence-electron chi connectivity index (χ4n) is 3.22. The zero-order chi connectivity index (χ0) is 19.4. The molecule has 2 N–H and O–H groups in total. The summed E-state index contributed by atoms with van der Waals surface area (Å²) < 4.78 is 13.2. The van der Waals surface area contributed by atoms with Gasteiger partial charge >= 0.3 is 0 Å². The van der Waals surface area contributed by atoms with E-state index in [0.29, 0.717) is 5.92 Å². The SMILES string of the molecule is CCNC(=NCCCOCC1CCOCC1)NCCc1nnc2ccccn12.I. The Morgan fingerprint density at radius 3 is 2.97 bits per heavy atom. The lowest BCUT2D eigenvalue weighted by Crippen LogP contribution is -2.38. The first kappa shape index (κ1) is 23.8. The fraction of sp³-hybridized carbons (Fsp3) is 0.650. The number of fused-ring (bicyclic) bond motifs is 1. The summed E-state index contributed by atoms with van der Waals surface area (Å²) in [6.45, 7) is 7.75. The number of aliphatic imine (C=N–C) groups is 1. The van der Waals surface area contributed by atoms with Crippen LogP contribution in [0.5, 0.6) is 0 Å². The topological polar surface area (TPSA) is 85.1 Å². The molecule has 1 aliphatic heterocycles. The van der Waals surface area contributed by atoms with Crippen LogP contribution in [0.15, 0.2) is 29.4 Å². The van der Waals surface area contributed by atoms with Gasteiger partial charge < -0.3 is 20.1 Å². The number of nitrogens with one attached hydrogen (secondary N) is 2. The Balaban J connectivity index is 0.00000300. The first-order valence-electron chi connectivity index (χ1n) is 10.3. The molecule has 0 aromatic carbocycles. The molecule has 0 aliphatic carbocycles. The van der Waals surface area contributed by atoms with Crippen LogP contribution in [0.1, 0.15) is 32.0 Å². The Kier molecular flexibility index (Phi) is 11.3. The molecule has 1 fully saturated rings. The van der Waals surface area contributed by atoms with E-state index in [1.807, 2.05) is 28.8 Å². The number of pyridine rings is 1. The number of guanidine groups is 1. The molecule has 0 saturated carbocycles. The molecular formula is C20H33IN6O2. The molecule has 9 heteroatoms. The minimum atomic E-state index is 0. The van der Waals surface area contributed by atoms with Crippen molar-refractivity contribution in [1.82, 2.24) is 25.2 Å². The van der Waals surface area contributed by atoms with E-state index in [1.54, 1.807) is 0 Å². The first-order valence-corrected chi connectivity index (χ1v) is 10.3. The number of hydrogen-bond acceptors (Lipinski definition) is 5. The molecule has 8 nitrogen and oxygen atoms in total. The average Bonchev–Trinajstić information content (AvgIpc) is 3.14. The summed E-state index contributed by atoms with van der Waals surface area (Å²) in [6.07, 6.45) is 5.94. The standard InChI is InChI=1S/C20H32N6O2.HI/c1-2-21-20(22-10-5-13-28-16-17-8-14-27-15-9-17)23-11-7-19-25-24-18-6-3-4-12-26(18)19;/h3-4,6,12,17H,2,5,7-11,13-16H2,1H3,(H2,21,22,23);1H. The van der Waals surface area contributed by atoms with Crippen molar-refractivity contribution in [3.05, 3.63) is 30.2 Å². The molecule has 0 amide bonds. The highest BCUT2D eigenvalue weighted by molar-refractivity contribution is 14.0. The van der Waals surface area contributed by atoms with Crippen LogP contribution < -0.4 is 10.6 Å². The van der Waals surface area contributed by atoms with E-state index in [-0.39, 0.29) is 24.0 Å². The van der Waals surface area contributed by atoms with E-state index >= 15 is 0 Å². The molecule has 1 saturated heterocycles. The van der Waals surface area contributed by atoms with Gasteiger partial charge in [-0.05, 0) is 44.2 Å². The zero-order valence-corrected chi connectivity index (χ0v) is 19.5. The van der Waals surface area contributed by atoms with Crippen LogP contribution in [0, 0.1) is 5.92 Å². The second-order valence-corrected chi connectivity index (χ2v) is 6.97. The molecule has 3 rings (SSSR count). The molecule has 162 valence electrons. The number of nitrogens with zero attached hydrogens (tertiary/aromatic N) is 4. The van der Waals surface area contributed by atoms with Gasteiger partial charge in [-0.15, -0.1) is 34.2 Å². The Labute approximate surface area is 189 Å². The van der Waals surface area contributed by atoms with Gasteiger partial charge in [0.2, 0.25) is 0 Å². The number of rotatable bonds is 10. The van der Waals surface area contributed by atoms with Crippen LogP contribution in [-0.2, 0) is 15.9 Å². The number of aromatic nitrogens is 3. The maximum Gasteiger partial charge on any atom is 0.191 e. The van der Waals surface area contributed by atoms with Crippen molar-refractivity contribution in [3.8, 4) is 0 Å². The van der Waals surface area contributed by atoms with Crippen LogP contribution in [-0.4, -0.2) is 66.6 Å². The lowest BCUT2D eigenvalue weighted by Gasteiger charge is -2.21. The molecule has 0 spiro atoms. The normalized spacial score (nSPS) is 15.3. The van der Waals surface area contributed by atoms with Gasteiger partial charge in [-0.25, -0.2) is 0 Å². The summed E-state index contributed by atoms with van der Waals surface area (Å²) in [5.41, 5.74) is 0.874. The smallest absolute Gasteiger partial charge is 0.191 e. The van der Waals surface area contributed by atoms with Crippen molar-refractivity contribution in [2.24, 2.45) is 10.9 Å². The number of halogens is 1. The van der Waals surface area contributed by atoms with E-state index in [0.717, 1.165) is 89.2 Å². The molecular weight excluding hydrogens is 483 g/mol. The predicted octanol–water partition coefficient (Wildman–Crippen LogP) is 2.28. The Hall–Kier alpha value is -1.46. The lowest BCUT2D eigenvalue weighted by molar-refractivity contribution is 0.0205. The van der Waals surface area contributed by atoms with Crippen LogP contribution >= 0.6 is 24.0 Å². The molecule has 0 unspecified atom stereocenters. The Morgan fingerprint density at radius 1 is 1.28 bits per heavy atom. The lowest BCUT2D eigenvalue weighted by atomic mass is 10.0. The van der Waals surface area contributed by atoms with Crippen molar-refractivity contribution in [1.29, 1.82) is 0 Å². The molecule has 1 aliphatic rings. The van der Waals surface area contributed by atoms with Gasteiger partial charge in [0.15, 0.2) is 11.6 Å². The third kappa shape index (κ3) is 8.06. The highest BCUT2D eigenvalue weighted by Gasteiger charge is 2.13. The molecule has 29 heavy (non-hydrogen) atoms. The van der Waals surface area contributed by atoms with Gasteiger partial charge in [-0.2, -0.15) is 0 Å². The summed E-state index contributed by atoms with van der Waals surface area (Å²) in [6, 6.07) is 5.91. The van der Waals surface area contributed by atoms with Crippen molar-refractivity contribution in [3.63, 3.8) is 0 Å². The summed E-state index contributed by atoms with van der Waals surface area (Å²) in [4.78, 5) is 4.63. The van der Waals surface area contributed by atoms with Gasteiger partial charge in [-0.3, -0.25) is 9.39 Å². The summed E-state index contributed by atoms with van der Waals surface area (Å²) in [5, 5.41) is 15.1. The third-order valence-corrected chi connectivity index (χ3v) is 4.78. The molecule has 3 heterocycles. The van der Waals surface area contributed by atoms with Crippen molar-refractivity contribution < 1.29 is 9.47 Å². The first-order chi connectivity index (χ1) is 13.9. The van der Waals surface area contributed by atoms with E-state index in [9.17, 15) is 0 Å². The van der Waals surface area contributed by atoms with Gasteiger partial charge in [0.05, 0.1) is 0 Å². The maximum atomic E-state index is 5.80. The predicted molar refractivity (Wildman–Crippen MR) is 125 cm³/mol. The number of ether oxygens (including phenoxy) is 2. The van der Waals surface area contributed by atoms with Crippen molar-refractivity contribution >= 4 is 35.6 Å². The molecule has 0 bridgehead atoms. The summed E-state index contributed by atoms with van der Waals surface area (Å²) in [7, 11) is 0. The second-order valence-electron chi connectivity index (χ2n) is 6.97. The Bertz CT molecular complexity index is 733. The maximum absolute atomic E-state index is 5.80. The number of hydrogen-bond donors (Lipinski definition) is 2. The van der Waals surface area contributed by atoms with E-state index < -0.39 is 0 Å². The van der Waals surface area contributed by atoms with E-state index in [1.165, 1.54) is 0 Å². The minimum Gasteiger partial charge on any atom is -0.381 e. The molecule has 0 atom stereocenters. The second kappa shape index (κ2) is 13.7. The van der Waals surface area contributed by atoms with Crippen molar-refractivity contribution in [2.75, 3.05) is 46.1 Å². The van der Waals surface area contributed by atoms with Crippen molar-refractivity contribution in [2.45, 2.75) is 32.6 Å². The minimum absolute atomic E-state index is 0. The van der Waals surface area contributed by atoms with E-state index in [4.69, 9.17) is 9.47 Å². The van der Waals surface area contributed by atoms with Gasteiger partial charge in [0.1, 0.15) is 5.82 Å². The van der Waals surface area contributed by atoms with Crippen LogP contribution in [0.25, 0.3) is 5.65 Å². The zero-order valence-electron chi connectivity index (χ0n) is 17.2. The highest BCUT2D eigenvalue weighted by atomic mass is 127. The third-order valence-electron chi connectivity index (χ3n) is 4.78. The quantitative estimate of drug-likeness (QED) is 0.218. The molecule has 2 aromatic heterocycles. The highest BCUT2D eigenvalue weighted by Crippen LogP contribution is 2.14. The average molecular weight is 516 g/mol. The fourth-order valence-corrected chi connectivity index (χ4v) is 3.22. The van der Waals surface area contributed by atoms with Crippen LogP contribution in [0.4, 0.5) is 0 Å². The van der Waals surface area contributed by atoms with Gasteiger partial charge in [-0.1, -0.05) is 6.07 Å². The molecule has 2 aromatic rings. The summed E-state index contributed by atoms with van der Waals surface area (Å²) in [5.74, 6) is 2.44. The molecule has 0 radical (unpaired) electrons. The largest absolute Gasteiger partial charge is 0.381 e.